The van der Waals surface area contributed by atoms with Crippen molar-refractivity contribution in [1.82, 2.24) is 4.98 Å². The van der Waals surface area contributed by atoms with E-state index in [0.29, 0.717) is 11.1 Å². The minimum Gasteiger partial charge on any atom is -0.506 e. The Labute approximate surface area is 84.3 Å². The molecule has 2 aromatic rings. The number of phenolic OH excluding ortho intramolecular Hbond substituents is 1. The van der Waals surface area contributed by atoms with Crippen LogP contribution in [-0.2, 0) is 4.79 Å². The topological polar surface area (TPSA) is 83.6 Å². The fourth-order valence-electron chi connectivity index (χ4n) is 1.17. The number of benzene rings is 1. The number of aromatic nitrogens is 1. The van der Waals surface area contributed by atoms with Crippen molar-refractivity contribution in [2.45, 2.75) is 0 Å². The number of aliphatic carboxylic acids is 1. The summed E-state index contributed by atoms with van der Waals surface area (Å²) in [5.41, 5.74) is 0.738. The second-order valence-electron chi connectivity index (χ2n) is 2.85. The minimum absolute atomic E-state index is 0.00576. The summed E-state index contributed by atoms with van der Waals surface area (Å²) in [5, 5.41) is 17.8. The summed E-state index contributed by atoms with van der Waals surface area (Å²) in [6.45, 7) is 0. The Bertz CT molecular complexity index is 541. The van der Waals surface area contributed by atoms with Gasteiger partial charge in [0, 0.05) is 12.2 Å². The van der Waals surface area contributed by atoms with Crippen molar-refractivity contribution in [2.24, 2.45) is 0 Å². The van der Waals surface area contributed by atoms with E-state index in [2.05, 4.69) is 4.98 Å². The highest BCUT2D eigenvalue weighted by Gasteiger charge is 2.06. The lowest BCUT2D eigenvalue weighted by molar-refractivity contribution is -0.131. The van der Waals surface area contributed by atoms with Gasteiger partial charge in [-0.3, -0.25) is 0 Å². The number of hydrogen-bond acceptors (Lipinski definition) is 4. The van der Waals surface area contributed by atoms with Crippen molar-refractivity contribution >= 4 is 23.1 Å². The molecular formula is C10H7NO4. The second kappa shape index (κ2) is 3.45. The van der Waals surface area contributed by atoms with Crippen LogP contribution in [0.4, 0.5) is 0 Å². The van der Waals surface area contributed by atoms with Gasteiger partial charge in [0.25, 0.3) is 0 Å². The molecule has 0 fully saturated rings. The van der Waals surface area contributed by atoms with E-state index in [4.69, 9.17) is 9.52 Å². The molecule has 0 aliphatic carbocycles. The summed E-state index contributed by atoms with van der Waals surface area (Å²) in [4.78, 5) is 14.2. The molecule has 5 heteroatoms. The van der Waals surface area contributed by atoms with Crippen molar-refractivity contribution in [1.29, 1.82) is 0 Å². The molecule has 0 bridgehead atoms. The number of oxazole rings is 1. The first-order valence-corrected chi connectivity index (χ1v) is 4.16. The lowest BCUT2D eigenvalue weighted by Gasteiger charge is -1.87. The minimum atomic E-state index is -1.08. The summed E-state index contributed by atoms with van der Waals surface area (Å²) in [7, 11) is 0. The first-order chi connectivity index (χ1) is 7.16. The van der Waals surface area contributed by atoms with Gasteiger partial charge in [-0.15, -0.1) is 0 Å². The van der Waals surface area contributed by atoms with Crippen molar-refractivity contribution in [3.63, 3.8) is 0 Å². The Morgan fingerprint density at radius 1 is 1.47 bits per heavy atom. The van der Waals surface area contributed by atoms with E-state index in [1.807, 2.05) is 0 Å². The number of para-hydroxylation sites is 1. The third-order valence-corrected chi connectivity index (χ3v) is 1.78. The van der Waals surface area contributed by atoms with Crippen LogP contribution in [0, 0.1) is 0 Å². The Balaban J connectivity index is 2.48. The van der Waals surface area contributed by atoms with Crippen LogP contribution in [0.1, 0.15) is 5.89 Å². The molecule has 0 aliphatic rings. The van der Waals surface area contributed by atoms with Crippen LogP contribution in [0.3, 0.4) is 0 Å². The molecular weight excluding hydrogens is 198 g/mol. The van der Waals surface area contributed by atoms with Gasteiger partial charge in [-0.2, -0.15) is 0 Å². The van der Waals surface area contributed by atoms with Crippen LogP contribution in [0.2, 0.25) is 0 Å². The molecule has 0 radical (unpaired) electrons. The van der Waals surface area contributed by atoms with Crippen LogP contribution < -0.4 is 0 Å². The molecule has 0 amide bonds. The lowest BCUT2D eigenvalue weighted by Crippen LogP contribution is -1.85. The van der Waals surface area contributed by atoms with Crippen molar-refractivity contribution in [2.75, 3.05) is 0 Å². The largest absolute Gasteiger partial charge is 0.506 e. The number of phenols is 1. The Hall–Kier alpha value is -2.30. The highest BCUT2D eigenvalue weighted by Crippen LogP contribution is 2.24. The number of aromatic hydroxyl groups is 1. The predicted molar refractivity (Wildman–Crippen MR) is 52.3 cm³/mol. The fourth-order valence-corrected chi connectivity index (χ4v) is 1.17. The molecule has 0 saturated heterocycles. The van der Waals surface area contributed by atoms with Gasteiger partial charge in [-0.1, -0.05) is 6.07 Å². The van der Waals surface area contributed by atoms with E-state index >= 15 is 0 Å². The number of carboxylic acids is 1. The van der Waals surface area contributed by atoms with Crippen molar-refractivity contribution in [3.05, 3.63) is 30.2 Å². The van der Waals surface area contributed by atoms with Crippen LogP contribution in [0.5, 0.6) is 5.75 Å². The molecule has 1 heterocycles. The highest BCUT2D eigenvalue weighted by atomic mass is 16.4. The van der Waals surface area contributed by atoms with Gasteiger partial charge in [0.15, 0.2) is 11.1 Å². The van der Waals surface area contributed by atoms with Gasteiger partial charge >= 0.3 is 5.97 Å². The molecule has 15 heavy (non-hydrogen) atoms. The van der Waals surface area contributed by atoms with Gasteiger partial charge in [0.05, 0.1) is 0 Å². The van der Waals surface area contributed by atoms with Crippen molar-refractivity contribution < 1.29 is 19.4 Å². The predicted octanol–water partition coefficient (Wildman–Crippen LogP) is 1.63. The molecule has 2 N–H and O–H groups in total. The first kappa shape index (κ1) is 9.26. The molecule has 2 rings (SSSR count). The Morgan fingerprint density at radius 3 is 2.93 bits per heavy atom. The number of hydrogen-bond donors (Lipinski definition) is 2. The summed E-state index contributed by atoms with van der Waals surface area (Å²) in [5.74, 6) is -0.929. The molecule has 0 spiro atoms. The number of rotatable bonds is 2. The standard InChI is InChI=1S/C10H7NO4/c12-6-2-1-3-7-10(6)11-8(15-7)4-5-9(13)14/h1-5,12H,(H,13,14)/b5-4+. The first-order valence-electron chi connectivity index (χ1n) is 4.16. The Morgan fingerprint density at radius 2 is 2.27 bits per heavy atom. The van der Waals surface area contributed by atoms with Crippen molar-refractivity contribution in [3.8, 4) is 5.75 Å². The van der Waals surface area contributed by atoms with Crippen LogP contribution in [0.25, 0.3) is 17.2 Å². The van der Waals surface area contributed by atoms with Gasteiger partial charge in [0.2, 0.25) is 5.89 Å². The molecule has 0 aliphatic heterocycles. The van der Waals surface area contributed by atoms with Gasteiger partial charge in [-0.05, 0) is 12.1 Å². The third-order valence-electron chi connectivity index (χ3n) is 1.78. The number of carboxylic acid groups (broad SMARTS) is 1. The van der Waals surface area contributed by atoms with Crippen LogP contribution in [-0.4, -0.2) is 21.2 Å². The zero-order chi connectivity index (χ0) is 10.8. The SMILES string of the molecule is O=C(O)/C=C/c1nc2c(O)cccc2o1. The van der Waals surface area contributed by atoms with Gasteiger partial charge in [-0.25, -0.2) is 9.78 Å². The normalized spacial score (nSPS) is 11.2. The van der Waals surface area contributed by atoms with Crippen LogP contribution >= 0.6 is 0 Å². The van der Waals surface area contributed by atoms with Gasteiger partial charge in [0.1, 0.15) is 5.75 Å². The molecule has 1 aromatic heterocycles. The molecule has 0 unspecified atom stereocenters. The third kappa shape index (κ3) is 1.80. The second-order valence-corrected chi connectivity index (χ2v) is 2.85. The molecule has 5 nitrogen and oxygen atoms in total. The number of carbonyl (C=O) groups is 1. The average Bonchev–Trinajstić information content (AvgIpc) is 2.59. The van der Waals surface area contributed by atoms with E-state index in [1.54, 1.807) is 12.1 Å². The lowest BCUT2D eigenvalue weighted by atomic mass is 10.3. The van der Waals surface area contributed by atoms with E-state index in [1.165, 1.54) is 12.1 Å². The Kier molecular flexibility index (Phi) is 2.13. The van der Waals surface area contributed by atoms with Crippen LogP contribution in [0.15, 0.2) is 28.7 Å². The highest BCUT2D eigenvalue weighted by molar-refractivity contribution is 5.86. The summed E-state index contributed by atoms with van der Waals surface area (Å²) in [6.07, 6.45) is 2.14. The summed E-state index contributed by atoms with van der Waals surface area (Å²) >= 11 is 0. The maximum Gasteiger partial charge on any atom is 0.328 e. The number of nitrogens with zero attached hydrogens (tertiary/aromatic N) is 1. The van der Waals surface area contributed by atoms with E-state index in [-0.39, 0.29) is 11.6 Å². The smallest absolute Gasteiger partial charge is 0.328 e. The van der Waals surface area contributed by atoms with Gasteiger partial charge < -0.3 is 14.6 Å². The molecule has 1 aromatic carbocycles. The van der Waals surface area contributed by atoms with E-state index < -0.39 is 5.97 Å². The molecule has 0 atom stereocenters. The van der Waals surface area contributed by atoms with E-state index in [0.717, 1.165) is 6.08 Å². The average molecular weight is 205 g/mol. The monoisotopic (exact) mass is 205 g/mol. The number of fused-ring (bicyclic) bond motifs is 1. The molecule has 76 valence electrons. The zero-order valence-corrected chi connectivity index (χ0v) is 7.54. The molecule has 0 saturated carbocycles. The maximum atomic E-state index is 10.2. The zero-order valence-electron chi connectivity index (χ0n) is 7.54. The maximum absolute atomic E-state index is 10.2. The van der Waals surface area contributed by atoms with E-state index in [9.17, 15) is 9.90 Å². The fraction of sp³-hybridized carbons (Fsp3) is 0. The summed E-state index contributed by atoms with van der Waals surface area (Å²) in [6, 6.07) is 4.74. The summed E-state index contributed by atoms with van der Waals surface area (Å²) < 4.78 is 5.18. The quantitative estimate of drug-likeness (QED) is 0.728.